The van der Waals surface area contributed by atoms with Crippen LogP contribution in [0.5, 0.6) is 0 Å². The van der Waals surface area contributed by atoms with Crippen LogP contribution in [0, 0.1) is 5.82 Å². The number of hydrogen-bond donors (Lipinski definition) is 2. The highest BCUT2D eigenvalue weighted by atomic mass is 19.4. The van der Waals surface area contributed by atoms with E-state index in [9.17, 15) is 22.7 Å². The first kappa shape index (κ1) is 19.5. The summed E-state index contributed by atoms with van der Waals surface area (Å²) in [5.41, 5.74) is 6.89. The maximum absolute atomic E-state index is 13.8. The van der Waals surface area contributed by atoms with Gasteiger partial charge in [0, 0.05) is 16.7 Å². The molecular weight excluding hydrogens is 390 g/mol. The first-order chi connectivity index (χ1) is 13.7. The van der Waals surface area contributed by atoms with Gasteiger partial charge in [-0.15, -0.1) is 10.2 Å². The number of hydrogen-bond acceptors (Lipinski definition) is 5. The topological polar surface area (TPSA) is 85.2 Å². The first-order valence-corrected chi connectivity index (χ1v) is 8.91. The molecule has 0 saturated heterocycles. The van der Waals surface area contributed by atoms with Crippen LogP contribution >= 0.6 is 0 Å². The minimum absolute atomic E-state index is 0.0495. The first-order valence-electron chi connectivity index (χ1n) is 8.91. The van der Waals surface area contributed by atoms with Crippen molar-refractivity contribution in [1.29, 1.82) is 0 Å². The second-order valence-corrected chi connectivity index (χ2v) is 7.29. The Balaban J connectivity index is 1.64. The molecule has 1 heterocycles. The lowest BCUT2D eigenvalue weighted by Crippen LogP contribution is -2.48. The molecule has 3 aromatic rings. The molecule has 0 amide bonds. The van der Waals surface area contributed by atoms with Crippen molar-refractivity contribution in [1.82, 2.24) is 10.2 Å². The molecule has 1 aliphatic rings. The molecule has 9 heteroatoms. The lowest BCUT2D eigenvalue weighted by Gasteiger charge is -2.33. The van der Waals surface area contributed by atoms with Crippen LogP contribution in [-0.4, -0.2) is 27.4 Å². The summed E-state index contributed by atoms with van der Waals surface area (Å²) in [6, 6.07) is 8.01. The van der Waals surface area contributed by atoms with Gasteiger partial charge in [0.25, 0.3) is 0 Å². The fourth-order valence-corrected chi connectivity index (χ4v) is 3.49. The maximum Gasteiger partial charge on any atom is 0.419 e. The van der Waals surface area contributed by atoms with Crippen LogP contribution in [0.2, 0.25) is 0 Å². The number of aryl methyl sites for hydroxylation is 1. The second kappa shape index (κ2) is 6.93. The molecule has 0 saturated carbocycles. The van der Waals surface area contributed by atoms with E-state index < -0.39 is 23.1 Å². The van der Waals surface area contributed by atoms with Crippen LogP contribution in [0.15, 0.2) is 40.8 Å². The number of rotatable bonds is 3. The Hall–Kier alpha value is -2.78. The molecule has 0 aliphatic heterocycles. The van der Waals surface area contributed by atoms with Crippen molar-refractivity contribution in [2.75, 3.05) is 6.61 Å². The monoisotopic (exact) mass is 407 g/mol. The molecular formula is C20H17F4N3O2. The molecule has 0 radical (unpaired) electrons. The summed E-state index contributed by atoms with van der Waals surface area (Å²) in [5.74, 6) is -1.35. The van der Waals surface area contributed by atoms with Crippen LogP contribution < -0.4 is 5.73 Å². The van der Waals surface area contributed by atoms with Gasteiger partial charge < -0.3 is 15.3 Å². The number of aliphatic hydroxyl groups is 1. The zero-order valence-electron chi connectivity index (χ0n) is 15.1. The van der Waals surface area contributed by atoms with E-state index in [1.54, 1.807) is 6.07 Å². The van der Waals surface area contributed by atoms with Crippen LogP contribution in [0.4, 0.5) is 17.6 Å². The summed E-state index contributed by atoms with van der Waals surface area (Å²) in [6.45, 7) is -0.124. The van der Waals surface area contributed by atoms with Crippen LogP contribution in [0.3, 0.4) is 0 Å². The minimum Gasteiger partial charge on any atom is -0.416 e. The standard InChI is InChI=1S/C20H17F4N3O2/c21-16-8-13(3-4-15(16)20(22,23)24)18-27-26-17(29-18)12-2-1-11-5-6-19(25,10-28)9-14(11)7-12/h1-4,7-8,28H,5-6,9-10,25H2/t19-/m0/s1. The van der Waals surface area contributed by atoms with Gasteiger partial charge in [-0.3, -0.25) is 0 Å². The smallest absolute Gasteiger partial charge is 0.416 e. The summed E-state index contributed by atoms with van der Waals surface area (Å²) in [5, 5.41) is 17.3. The number of aliphatic hydroxyl groups excluding tert-OH is 1. The second-order valence-electron chi connectivity index (χ2n) is 7.29. The molecule has 5 nitrogen and oxygen atoms in total. The highest BCUT2D eigenvalue weighted by Crippen LogP contribution is 2.34. The fraction of sp³-hybridized carbons (Fsp3) is 0.300. The molecule has 0 spiro atoms. The van der Waals surface area contributed by atoms with E-state index in [-0.39, 0.29) is 24.0 Å². The third kappa shape index (κ3) is 3.75. The van der Waals surface area contributed by atoms with Gasteiger partial charge in [-0.1, -0.05) is 6.07 Å². The molecule has 0 fully saturated rings. The summed E-state index contributed by atoms with van der Waals surface area (Å²) >= 11 is 0. The van der Waals surface area contributed by atoms with Gasteiger partial charge in [0.1, 0.15) is 5.82 Å². The van der Waals surface area contributed by atoms with Gasteiger partial charge >= 0.3 is 6.18 Å². The lowest BCUT2D eigenvalue weighted by atomic mass is 9.78. The Kier molecular flexibility index (Phi) is 4.66. The van der Waals surface area contributed by atoms with E-state index in [1.165, 1.54) is 0 Å². The molecule has 1 aliphatic carbocycles. The molecule has 3 N–H and O–H groups in total. The Morgan fingerprint density at radius 3 is 2.31 bits per heavy atom. The number of aromatic nitrogens is 2. The van der Waals surface area contributed by atoms with Crippen molar-refractivity contribution in [3.05, 3.63) is 58.9 Å². The van der Waals surface area contributed by atoms with Gasteiger partial charge in [0.05, 0.1) is 12.2 Å². The number of nitrogens with zero attached hydrogens (tertiary/aromatic N) is 2. The Labute approximate surface area is 163 Å². The largest absolute Gasteiger partial charge is 0.419 e. The van der Waals surface area contributed by atoms with E-state index in [0.717, 1.165) is 29.7 Å². The van der Waals surface area contributed by atoms with E-state index >= 15 is 0 Å². The summed E-state index contributed by atoms with van der Waals surface area (Å²) in [6.07, 6.45) is -2.86. The zero-order chi connectivity index (χ0) is 20.8. The van der Waals surface area contributed by atoms with E-state index in [1.807, 2.05) is 12.1 Å². The van der Waals surface area contributed by atoms with Crippen LogP contribution in [0.25, 0.3) is 22.9 Å². The molecule has 29 heavy (non-hydrogen) atoms. The molecule has 1 atom stereocenters. The number of halogens is 4. The van der Waals surface area contributed by atoms with Crippen LogP contribution in [0.1, 0.15) is 23.1 Å². The maximum atomic E-state index is 13.8. The third-order valence-corrected chi connectivity index (χ3v) is 5.15. The third-order valence-electron chi connectivity index (χ3n) is 5.15. The number of alkyl halides is 3. The van der Waals surface area contributed by atoms with E-state index in [4.69, 9.17) is 10.2 Å². The highest BCUT2D eigenvalue weighted by molar-refractivity contribution is 5.60. The van der Waals surface area contributed by atoms with Crippen LogP contribution in [-0.2, 0) is 19.0 Å². The average Bonchev–Trinajstić information content (AvgIpc) is 3.16. The normalized spacial score (nSPS) is 19.2. The van der Waals surface area contributed by atoms with Gasteiger partial charge in [-0.05, 0) is 60.7 Å². The predicted octanol–water partition coefficient (Wildman–Crippen LogP) is 3.74. The molecule has 0 unspecified atom stereocenters. The van der Waals surface area contributed by atoms with E-state index in [2.05, 4.69) is 10.2 Å². The molecule has 152 valence electrons. The lowest BCUT2D eigenvalue weighted by molar-refractivity contribution is -0.139. The predicted molar refractivity (Wildman–Crippen MR) is 96.2 cm³/mol. The van der Waals surface area contributed by atoms with Crippen molar-refractivity contribution in [2.24, 2.45) is 5.73 Å². The highest BCUT2D eigenvalue weighted by Gasteiger charge is 2.34. The Morgan fingerprint density at radius 1 is 1.03 bits per heavy atom. The quantitative estimate of drug-likeness (QED) is 0.646. The minimum atomic E-state index is -4.78. The van der Waals surface area contributed by atoms with Gasteiger partial charge in [0.2, 0.25) is 11.8 Å². The van der Waals surface area contributed by atoms with Gasteiger partial charge in [0.15, 0.2) is 0 Å². The fourth-order valence-electron chi connectivity index (χ4n) is 3.49. The summed E-state index contributed by atoms with van der Waals surface area (Å²) < 4.78 is 57.5. The number of benzene rings is 2. The van der Waals surface area contributed by atoms with Crippen molar-refractivity contribution in [3.8, 4) is 22.9 Å². The molecule has 0 bridgehead atoms. The summed E-state index contributed by atoms with van der Waals surface area (Å²) in [7, 11) is 0. The number of nitrogens with two attached hydrogens (primary N) is 1. The molecule has 4 rings (SSSR count). The van der Waals surface area contributed by atoms with Crippen molar-refractivity contribution < 1.29 is 27.1 Å². The molecule has 2 aromatic carbocycles. The zero-order valence-corrected chi connectivity index (χ0v) is 15.1. The van der Waals surface area contributed by atoms with Crippen molar-refractivity contribution in [3.63, 3.8) is 0 Å². The van der Waals surface area contributed by atoms with Gasteiger partial charge in [-0.2, -0.15) is 13.2 Å². The molecule has 1 aromatic heterocycles. The number of fused-ring (bicyclic) bond motifs is 1. The average molecular weight is 407 g/mol. The summed E-state index contributed by atoms with van der Waals surface area (Å²) in [4.78, 5) is 0. The SMILES string of the molecule is N[C@@]1(CO)CCc2ccc(-c3nnc(-c4ccc(C(F)(F)F)c(F)c4)o3)cc2C1. The Morgan fingerprint density at radius 2 is 1.69 bits per heavy atom. The van der Waals surface area contributed by atoms with E-state index in [0.29, 0.717) is 24.5 Å². The van der Waals surface area contributed by atoms with Crippen molar-refractivity contribution >= 4 is 0 Å². The Bertz CT molecular complexity index is 1060. The van der Waals surface area contributed by atoms with Gasteiger partial charge in [-0.25, -0.2) is 4.39 Å². The van der Waals surface area contributed by atoms with Crippen molar-refractivity contribution in [2.45, 2.75) is 31.0 Å².